The highest BCUT2D eigenvalue weighted by Gasteiger charge is 2.16. The molecule has 6 nitrogen and oxygen atoms in total. The Morgan fingerprint density at radius 1 is 1.48 bits per heavy atom. The molecular weight excluding hydrogens is 268 g/mol. The van der Waals surface area contributed by atoms with Gasteiger partial charge in [0, 0.05) is 24.2 Å². The smallest absolute Gasteiger partial charge is 0.272 e. The minimum absolute atomic E-state index is 0.141. The minimum atomic E-state index is -0.217. The highest BCUT2D eigenvalue weighted by atomic mass is 16.3. The maximum Gasteiger partial charge on any atom is 0.272 e. The second-order valence-electron chi connectivity index (χ2n) is 5.25. The van der Waals surface area contributed by atoms with Gasteiger partial charge in [-0.1, -0.05) is 13.3 Å². The Morgan fingerprint density at radius 2 is 2.29 bits per heavy atom. The molecule has 0 spiro atoms. The summed E-state index contributed by atoms with van der Waals surface area (Å²) in [7, 11) is 0. The Hall–Kier alpha value is -2.08. The Kier molecular flexibility index (Phi) is 5.16. The van der Waals surface area contributed by atoms with Crippen LogP contribution in [0.5, 0.6) is 0 Å². The maximum atomic E-state index is 12.2. The summed E-state index contributed by atoms with van der Waals surface area (Å²) in [5.74, 6) is 0.0742. The molecular formula is C15H22N4O2. The summed E-state index contributed by atoms with van der Waals surface area (Å²) in [6, 6.07) is 5.31. The number of H-pyrrole nitrogens is 1. The molecule has 6 heteroatoms. The quantitative estimate of drug-likeness (QED) is 0.582. The lowest BCUT2D eigenvalue weighted by molar-refractivity contribution is 0.0939. The second kappa shape index (κ2) is 7.08. The number of hydrogen-bond acceptors (Lipinski definition) is 4. The standard InChI is InChI=1S/C15H22N4O2/c1-2-3-10(6-7-20)9-17-15(21)14-12-8-11(16)4-5-13(12)18-19-14/h4-5,8,10,20H,2-3,6-7,9,16H2,1H3,(H,17,21)(H,18,19). The molecule has 0 aliphatic heterocycles. The number of amides is 1. The fourth-order valence-electron chi connectivity index (χ4n) is 2.46. The number of hydrogen-bond donors (Lipinski definition) is 4. The first-order valence-electron chi connectivity index (χ1n) is 7.28. The van der Waals surface area contributed by atoms with E-state index in [1.165, 1.54) is 0 Å². The summed E-state index contributed by atoms with van der Waals surface area (Å²) in [5, 5.41) is 19.5. The molecule has 114 valence electrons. The molecule has 2 aromatic rings. The second-order valence-corrected chi connectivity index (χ2v) is 5.25. The SMILES string of the molecule is CCCC(CCO)CNC(=O)c1n[nH]c2ccc(N)cc12. The van der Waals surface area contributed by atoms with Gasteiger partial charge in [0.05, 0.1) is 5.52 Å². The molecule has 0 bridgehead atoms. The van der Waals surface area contributed by atoms with Crippen molar-refractivity contribution in [1.29, 1.82) is 0 Å². The van der Waals surface area contributed by atoms with Crippen molar-refractivity contribution in [1.82, 2.24) is 15.5 Å². The number of nitrogens with zero attached hydrogens (tertiary/aromatic N) is 1. The van der Waals surface area contributed by atoms with E-state index >= 15 is 0 Å². The largest absolute Gasteiger partial charge is 0.399 e. The van der Waals surface area contributed by atoms with Gasteiger partial charge in [0.1, 0.15) is 0 Å². The number of aliphatic hydroxyl groups is 1. The van der Waals surface area contributed by atoms with Gasteiger partial charge in [-0.25, -0.2) is 0 Å². The van der Waals surface area contributed by atoms with Gasteiger partial charge in [-0.05, 0) is 37.0 Å². The van der Waals surface area contributed by atoms with E-state index in [0.717, 1.165) is 23.7 Å². The molecule has 0 radical (unpaired) electrons. The molecule has 0 saturated carbocycles. The number of aromatic amines is 1. The molecule has 2 rings (SSSR count). The van der Waals surface area contributed by atoms with Crippen molar-refractivity contribution < 1.29 is 9.90 Å². The fraction of sp³-hybridized carbons (Fsp3) is 0.467. The van der Waals surface area contributed by atoms with Gasteiger partial charge in [-0.2, -0.15) is 5.10 Å². The van der Waals surface area contributed by atoms with Crippen molar-refractivity contribution in [3.05, 3.63) is 23.9 Å². The number of anilines is 1. The van der Waals surface area contributed by atoms with E-state index < -0.39 is 0 Å². The van der Waals surface area contributed by atoms with Crippen LogP contribution in [0, 0.1) is 5.92 Å². The van der Waals surface area contributed by atoms with Crippen LogP contribution in [0.2, 0.25) is 0 Å². The van der Waals surface area contributed by atoms with Crippen molar-refractivity contribution in [3.63, 3.8) is 0 Å². The van der Waals surface area contributed by atoms with Crippen LogP contribution < -0.4 is 11.1 Å². The number of fused-ring (bicyclic) bond motifs is 1. The van der Waals surface area contributed by atoms with Gasteiger partial charge in [-0.15, -0.1) is 0 Å². The lowest BCUT2D eigenvalue weighted by atomic mass is 10.0. The van der Waals surface area contributed by atoms with Gasteiger partial charge in [-0.3, -0.25) is 9.89 Å². The highest BCUT2D eigenvalue weighted by Crippen LogP contribution is 2.19. The molecule has 0 aliphatic rings. The number of nitrogen functional groups attached to an aromatic ring is 1. The molecule has 5 N–H and O–H groups in total. The molecule has 1 heterocycles. The lowest BCUT2D eigenvalue weighted by Crippen LogP contribution is -2.30. The number of aliphatic hydroxyl groups excluding tert-OH is 1. The first kappa shape index (κ1) is 15.3. The van der Waals surface area contributed by atoms with Gasteiger partial charge in [0.2, 0.25) is 0 Å². The number of benzene rings is 1. The van der Waals surface area contributed by atoms with E-state index in [-0.39, 0.29) is 12.5 Å². The summed E-state index contributed by atoms with van der Waals surface area (Å²) >= 11 is 0. The van der Waals surface area contributed by atoms with Crippen LogP contribution in [-0.4, -0.2) is 34.4 Å². The molecule has 1 atom stereocenters. The van der Waals surface area contributed by atoms with E-state index in [2.05, 4.69) is 22.4 Å². The summed E-state index contributed by atoms with van der Waals surface area (Å²) in [5.41, 5.74) is 7.50. The first-order valence-corrected chi connectivity index (χ1v) is 7.28. The van der Waals surface area contributed by atoms with Gasteiger partial charge in [0.15, 0.2) is 5.69 Å². The number of aromatic nitrogens is 2. The topological polar surface area (TPSA) is 104 Å². The third-order valence-electron chi connectivity index (χ3n) is 3.59. The molecule has 1 amide bonds. The molecule has 0 aliphatic carbocycles. The van der Waals surface area contributed by atoms with E-state index in [0.29, 0.717) is 30.3 Å². The van der Waals surface area contributed by atoms with E-state index in [4.69, 9.17) is 10.8 Å². The predicted molar refractivity (Wildman–Crippen MR) is 82.9 cm³/mol. The summed E-state index contributed by atoms with van der Waals surface area (Å²) < 4.78 is 0. The van der Waals surface area contributed by atoms with Crippen LogP contribution in [0.15, 0.2) is 18.2 Å². The highest BCUT2D eigenvalue weighted by molar-refractivity contribution is 6.05. The number of rotatable bonds is 7. The first-order chi connectivity index (χ1) is 10.2. The Labute approximate surface area is 123 Å². The minimum Gasteiger partial charge on any atom is -0.399 e. The summed E-state index contributed by atoms with van der Waals surface area (Å²) in [6.07, 6.45) is 2.71. The van der Waals surface area contributed by atoms with Gasteiger partial charge in [0.25, 0.3) is 5.91 Å². The molecule has 0 saturated heterocycles. The van der Waals surface area contributed by atoms with Crippen LogP contribution >= 0.6 is 0 Å². The van der Waals surface area contributed by atoms with Crippen LogP contribution in [0.3, 0.4) is 0 Å². The summed E-state index contributed by atoms with van der Waals surface area (Å²) in [4.78, 5) is 12.2. The average Bonchev–Trinajstić information content (AvgIpc) is 2.88. The number of nitrogens with one attached hydrogen (secondary N) is 2. The van der Waals surface area contributed by atoms with Crippen molar-refractivity contribution in [2.75, 3.05) is 18.9 Å². The van der Waals surface area contributed by atoms with E-state index in [1.807, 2.05) is 0 Å². The van der Waals surface area contributed by atoms with Gasteiger partial charge >= 0.3 is 0 Å². The van der Waals surface area contributed by atoms with Gasteiger partial charge < -0.3 is 16.2 Å². The normalized spacial score (nSPS) is 12.5. The van der Waals surface area contributed by atoms with Crippen molar-refractivity contribution >= 4 is 22.5 Å². The Morgan fingerprint density at radius 3 is 3.00 bits per heavy atom. The third kappa shape index (κ3) is 3.72. The maximum absolute atomic E-state index is 12.2. The van der Waals surface area contributed by atoms with Crippen LogP contribution in [0.25, 0.3) is 10.9 Å². The Balaban J connectivity index is 2.06. The van der Waals surface area contributed by atoms with E-state index in [9.17, 15) is 4.79 Å². The fourth-order valence-corrected chi connectivity index (χ4v) is 2.46. The molecule has 1 unspecified atom stereocenters. The Bertz CT molecular complexity index is 603. The van der Waals surface area contributed by atoms with Crippen molar-refractivity contribution in [3.8, 4) is 0 Å². The van der Waals surface area contributed by atoms with Crippen LogP contribution in [0.4, 0.5) is 5.69 Å². The third-order valence-corrected chi connectivity index (χ3v) is 3.59. The monoisotopic (exact) mass is 290 g/mol. The lowest BCUT2D eigenvalue weighted by Gasteiger charge is -2.15. The summed E-state index contributed by atoms with van der Waals surface area (Å²) in [6.45, 7) is 2.78. The number of carbonyl (C=O) groups is 1. The zero-order valence-corrected chi connectivity index (χ0v) is 12.2. The average molecular weight is 290 g/mol. The molecule has 21 heavy (non-hydrogen) atoms. The van der Waals surface area contributed by atoms with Crippen LogP contribution in [0.1, 0.15) is 36.7 Å². The molecule has 1 aromatic heterocycles. The van der Waals surface area contributed by atoms with Crippen molar-refractivity contribution in [2.45, 2.75) is 26.2 Å². The zero-order chi connectivity index (χ0) is 15.2. The molecule has 1 aromatic carbocycles. The van der Waals surface area contributed by atoms with E-state index in [1.54, 1.807) is 18.2 Å². The number of carbonyl (C=O) groups excluding carboxylic acids is 1. The zero-order valence-electron chi connectivity index (χ0n) is 12.2. The molecule has 0 fully saturated rings. The van der Waals surface area contributed by atoms with Crippen LogP contribution in [-0.2, 0) is 0 Å². The number of nitrogens with two attached hydrogens (primary N) is 1. The van der Waals surface area contributed by atoms with Crippen molar-refractivity contribution in [2.24, 2.45) is 5.92 Å². The predicted octanol–water partition coefficient (Wildman–Crippen LogP) is 1.67.